The Morgan fingerprint density at radius 1 is 1.00 bits per heavy atom. The number of urea groups is 1. The van der Waals surface area contributed by atoms with Crippen LogP contribution in [0.15, 0.2) is 29.2 Å². The van der Waals surface area contributed by atoms with Crippen LogP contribution in [0.5, 0.6) is 5.75 Å². The summed E-state index contributed by atoms with van der Waals surface area (Å²) in [5.74, 6) is -0.546. The number of amides is 2. The summed E-state index contributed by atoms with van der Waals surface area (Å²) in [6.45, 7) is 0. The van der Waals surface area contributed by atoms with Crippen molar-refractivity contribution in [1.82, 2.24) is 10.0 Å². The predicted molar refractivity (Wildman–Crippen MR) is 88.1 cm³/mol. The average molecular weight is 394 g/mol. The van der Waals surface area contributed by atoms with Crippen LogP contribution in [-0.4, -0.2) is 26.9 Å². The van der Waals surface area contributed by atoms with E-state index in [2.05, 4.69) is 10.1 Å². The third kappa shape index (κ3) is 6.74. The van der Waals surface area contributed by atoms with Crippen molar-refractivity contribution in [2.45, 2.75) is 62.2 Å². The Bertz CT molecular complexity index is 697. The zero-order valence-corrected chi connectivity index (χ0v) is 14.8. The maximum atomic E-state index is 12.2. The molecule has 0 aromatic heterocycles. The molecule has 0 spiro atoms. The van der Waals surface area contributed by atoms with E-state index in [1.54, 1.807) is 0 Å². The fourth-order valence-corrected chi connectivity index (χ4v) is 3.73. The van der Waals surface area contributed by atoms with Gasteiger partial charge in [0.2, 0.25) is 0 Å². The second-order valence-electron chi connectivity index (χ2n) is 6.14. The van der Waals surface area contributed by atoms with E-state index in [4.69, 9.17) is 0 Å². The number of benzene rings is 1. The molecule has 1 fully saturated rings. The summed E-state index contributed by atoms with van der Waals surface area (Å²) in [7, 11) is -4.19. The van der Waals surface area contributed by atoms with Gasteiger partial charge in [0.25, 0.3) is 10.0 Å². The summed E-state index contributed by atoms with van der Waals surface area (Å²) in [5, 5.41) is 2.65. The van der Waals surface area contributed by atoms with Crippen LogP contribution >= 0.6 is 0 Å². The number of rotatable bonds is 4. The second kappa shape index (κ2) is 8.61. The minimum atomic E-state index is -4.86. The lowest BCUT2D eigenvalue weighted by molar-refractivity contribution is -0.274. The van der Waals surface area contributed by atoms with E-state index >= 15 is 0 Å². The largest absolute Gasteiger partial charge is 0.573 e. The number of ether oxygens (including phenoxy) is 1. The summed E-state index contributed by atoms with van der Waals surface area (Å²) in [5.41, 5.74) is 0. The van der Waals surface area contributed by atoms with Crippen molar-refractivity contribution in [3.63, 3.8) is 0 Å². The lowest BCUT2D eigenvalue weighted by Gasteiger charge is -2.21. The van der Waals surface area contributed by atoms with Gasteiger partial charge in [0, 0.05) is 6.04 Å². The Morgan fingerprint density at radius 3 is 2.08 bits per heavy atom. The minimum absolute atomic E-state index is 0.0898. The molecule has 0 radical (unpaired) electrons. The van der Waals surface area contributed by atoms with Crippen molar-refractivity contribution in [2.75, 3.05) is 0 Å². The highest BCUT2D eigenvalue weighted by Crippen LogP contribution is 2.24. The first-order valence-electron chi connectivity index (χ1n) is 8.35. The molecule has 146 valence electrons. The van der Waals surface area contributed by atoms with Crippen LogP contribution in [0.4, 0.5) is 18.0 Å². The second-order valence-corrected chi connectivity index (χ2v) is 7.82. The molecule has 26 heavy (non-hydrogen) atoms. The molecule has 0 aliphatic heterocycles. The van der Waals surface area contributed by atoms with Gasteiger partial charge >= 0.3 is 12.4 Å². The fraction of sp³-hybridized carbons (Fsp3) is 0.562. The van der Waals surface area contributed by atoms with Gasteiger partial charge in [-0.25, -0.2) is 17.9 Å². The van der Waals surface area contributed by atoms with E-state index in [9.17, 15) is 26.4 Å². The monoisotopic (exact) mass is 394 g/mol. The highest BCUT2D eigenvalue weighted by molar-refractivity contribution is 7.90. The third-order valence-electron chi connectivity index (χ3n) is 4.04. The van der Waals surface area contributed by atoms with Crippen LogP contribution in [-0.2, 0) is 10.0 Å². The molecule has 1 aliphatic rings. The van der Waals surface area contributed by atoms with Crippen molar-refractivity contribution in [3.05, 3.63) is 24.3 Å². The lowest BCUT2D eigenvalue weighted by atomic mass is 9.97. The number of halogens is 3. The maximum absolute atomic E-state index is 12.2. The molecule has 0 unspecified atom stereocenters. The van der Waals surface area contributed by atoms with Gasteiger partial charge in [-0.05, 0) is 37.1 Å². The number of hydrogen-bond acceptors (Lipinski definition) is 4. The van der Waals surface area contributed by atoms with Crippen molar-refractivity contribution in [1.29, 1.82) is 0 Å². The topological polar surface area (TPSA) is 84.5 Å². The Morgan fingerprint density at radius 2 is 1.54 bits per heavy atom. The molecule has 10 heteroatoms. The first-order valence-corrected chi connectivity index (χ1v) is 9.83. The van der Waals surface area contributed by atoms with Gasteiger partial charge in [-0.1, -0.05) is 32.1 Å². The standard InChI is InChI=1S/C16H21F3N2O4S/c17-16(18,19)25-13-8-10-14(11-9-13)26(23,24)21-15(22)20-12-6-4-2-1-3-5-7-12/h8-12H,1-7H2,(H2,20,21,22). The van der Waals surface area contributed by atoms with Crippen molar-refractivity contribution >= 4 is 16.1 Å². The summed E-state index contributed by atoms with van der Waals surface area (Å²) in [6.07, 6.45) is 2.00. The van der Waals surface area contributed by atoms with Crippen LogP contribution in [0.25, 0.3) is 0 Å². The quantitative estimate of drug-likeness (QED) is 0.816. The van der Waals surface area contributed by atoms with E-state index in [0.29, 0.717) is 0 Å². The highest BCUT2D eigenvalue weighted by atomic mass is 32.2. The normalized spacial score (nSPS) is 17.0. The Balaban J connectivity index is 1.95. The molecule has 0 heterocycles. The van der Waals surface area contributed by atoms with Gasteiger partial charge < -0.3 is 10.1 Å². The zero-order chi connectivity index (χ0) is 19.2. The summed E-state index contributed by atoms with van der Waals surface area (Å²) >= 11 is 0. The van der Waals surface area contributed by atoms with E-state index in [1.165, 1.54) is 6.42 Å². The van der Waals surface area contributed by atoms with E-state index in [0.717, 1.165) is 62.8 Å². The summed E-state index contributed by atoms with van der Waals surface area (Å²) < 4.78 is 66.3. The number of nitrogens with one attached hydrogen (secondary N) is 2. The van der Waals surface area contributed by atoms with Crippen LogP contribution in [0.1, 0.15) is 44.9 Å². The van der Waals surface area contributed by atoms with Gasteiger partial charge in [-0.2, -0.15) is 0 Å². The molecule has 1 saturated carbocycles. The summed E-state index contributed by atoms with van der Waals surface area (Å²) in [4.78, 5) is 11.6. The molecular formula is C16H21F3N2O4S. The van der Waals surface area contributed by atoms with Crippen LogP contribution in [0.3, 0.4) is 0 Å². The molecule has 0 saturated heterocycles. The molecule has 2 amide bonds. The molecule has 2 rings (SSSR count). The van der Waals surface area contributed by atoms with Gasteiger partial charge in [-0.15, -0.1) is 13.2 Å². The van der Waals surface area contributed by atoms with E-state index in [-0.39, 0.29) is 10.9 Å². The first-order chi connectivity index (χ1) is 12.2. The number of sulfonamides is 1. The average Bonchev–Trinajstić information content (AvgIpc) is 2.48. The smallest absolute Gasteiger partial charge is 0.406 e. The fourth-order valence-electron chi connectivity index (χ4n) is 2.82. The molecule has 1 aliphatic carbocycles. The van der Waals surface area contributed by atoms with Gasteiger partial charge in [0.05, 0.1) is 4.90 Å². The van der Waals surface area contributed by atoms with Gasteiger partial charge in [0.1, 0.15) is 5.75 Å². The SMILES string of the molecule is O=C(NC1CCCCCCC1)NS(=O)(=O)c1ccc(OC(F)(F)F)cc1. The number of carbonyl (C=O) groups is 1. The Hall–Kier alpha value is -1.97. The maximum Gasteiger partial charge on any atom is 0.573 e. The molecule has 0 bridgehead atoms. The van der Waals surface area contributed by atoms with Crippen molar-refractivity contribution in [3.8, 4) is 5.75 Å². The molecule has 1 aromatic carbocycles. The molecule has 0 atom stereocenters. The van der Waals surface area contributed by atoms with Crippen molar-refractivity contribution in [2.24, 2.45) is 0 Å². The number of carbonyl (C=O) groups excluding carboxylic acids is 1. The summed E-state index contributed by atoms with van der Waals surface area (Å²) in [6, 6.07) is 2.68. The van der Waals surface area contributed by atoms with Crippen LogP contribution in [0.2, 0.25) is 0 Å². The van der Waals surface area contributed by atoms with E-state index < -0.39 is 28.2 Å². The van der Waals surface area contributed by atoms with Gasteiger partial charge in [0.15, 0.2) is 0 Å². The van der Waals surface area contributed by atoms with Crippen LogP contribution < -0.4 is 14.8 Å². The Kier molecular flexibility index (Phi) is 6.74. The first kappa shape index (κ1) is 20.3. The van der Waals surface area contributed by atoms with Gasteiger partial charge in [-0.3, -0.25) is 0 Å². The van der Waals surface area contributed by atoms with Crippen LogP contribution in [0, 0.1) is 0 Å². The molecule has 1 aromatic rings. The number of hydrogen-bond donors (Lipinski definition) is 2. The lowest BCUT2D eigenvalue weighted by Crippen LogP contribution is -2.44. The highest BCUT2D eigenvalue weighted by Gasteiger charge is 2.31. The van der Waals surface area contributed by atoms with Crippen molar-refractivity contribution < 1.29 is 31.1 Å². The van der Waals surface area contributed by atoms with E-state index in [1.807, 2.05) is 4.72 Å². The third-order valence-corrected chi connectivity index (χ3v) is 5.38. The molecule has 2 N–H and O–H groups in total. The Labute approximate surface area is 150 Å². The zero-order valence-electron chi connectivity index (χ0n) is 14.0. The predicted octanol–water partition coefficient (Wildman–Crippen LogP) is 3.69. The molecule has 6 nitrogen and oxygen atoms in total. The molecular weight excluding hydrogens is 373 g/mol. The minimum Gasteiger partial charge on any atom is -0.406 e. The number of alkyl halides is 3.